The van der Waals surface area contributed by atoms with Gasteiger partial charge in [0.25, 0.3) is 6.71 Å². The molecule has 11 aromatic carbocycles. The number of hydrogen-bond acceptors (Lipinski definition) is 4. The molecule has 2 aliphatic heterocycles. The molecule has 0 aliphatic carbocycles. The van der Waals surface area contributed by atoms with Gasteiger partial charge in [-0.15, -0.1) is 0 Å². The van der Waals surface area contributed by atoms with Crippen molar-refractivity contribution in [3.05, 3.63) is 237 Å². The van der Waals surface area contributed by atoms with E-state index in [1.807, 2.05) is 0 Å². The van der Waals surface area contributed by atoms with E-state index < -0.39 is 0 Å². The zero-order chi connectivity index (χ0) is 44.0. The maximum atomic E-state index is 5.46. The number of anilines is 6. The molecule has 0 fully saturated rings. The molecule has 0 amide bonds. The van der Waals surface area contributed by atoms with Gasteiger partial charge in [0, 0.05) is 61.6 Å². The molecule has 0 N–H and O–H groups in total. The average Bonchev–Trinajstić information content (AvgIpc) is 3.40. The standard InChI is InChI=1S/C62H39BN4/c1-5-17-40(18-6-1)55-39-56(41-19-7-2-8-20-41)65-62(64-55)48-37-57-59-58(38-48)67(50-27-11-4-12-28-50)61-52-36-45-24-16-14-22-43(45)34-47(52)30-32-54(61)63(59)53-31-29-46-33-42-21-13-15-23-44(42)35-51(46)60(53)66(57)49-25-9-3-10-26-49/h1-39H. The lowest BCUT2D eigenvalue weighted by Crippen LogP contribution is -2.61. The fraction of sp³-hybridized carbons (Fsp3) is 0. The zero-order valence-corrected chi connectivity index (χ0v) is 36.4. The summed E-state index contributed by atoms with van der Waals surface area (Å²) in [5.74, 6) is 0.668. The topological polar surface area (TPSA) is 32.3 Å². The smallest absolute Gasteiger partial charge is 0.252 e. The normalized spacial score (nSPS) is 12.7. The Labute approximate surface area is 388 Å². The van der Waals surface area contributed by atoms with Gasteiger partial charge in [-0.25, -0.2) is 9.97 Å². The Morgan fingerprint density at radius 2 is 0.701 bits per heavy atom. The molecule has 5 heteroatoms. The van der Waals surface area contributed by atoms with Gasteiger partial charge in [0.2, 0.25) is 0 Å². The van der Waals surface area contributed by atoms with E-state index in [0.29, 0.717) is 5.82 Å². The number of fused-ring (bicyclic) bond motifs is 10. The first-order chi connectivity index (χ1) is 33.2. The summed E-state index contributed by atoms with van der Waals surface area (Å²) in [4.78, 5) is 16.0. The largest absolute Gasteiger partial charge is 0.311 e. The Morgan fingerprint density at radius 1 is 0.313 bits per heavy atom. The number of aromatic nitrogens is 2. The number of para-hydroxylation sites is 2. The maximum Gasteiger partial charge on any atom is 0.252 e. The molecule has 2 aliphatic rings. The molecule has 67 heavy (non-hydrogen) atoms. The zero-order valence-electron chi connectivity index (χ0n) is 36.4. The van der Waals surface area contributed by atoms with E-state index in [2.05, 4.69) is 246 Å². The van der Waals surface area contributed by atoms with Crippen LogP contribution in [0, 0.1) is 0 Å². The van der Waals surface area contributed by atoms with Crippen LogP contribution in [-0.4, -0.2) is 16.7 Å². The van der Waals surface area contributed by atoms with Crippen molar-refractivity contribution in [2.24, 2.45) is 0 Å². The Hall–Kier alpha value is -8.80. The summed E-state index contributed by atoms with van der Waals surface area (Å²) in [5.41, 5.74) is 15.3. The van der Waals surface area contributed by atoms with Crippen LogP contribution in [0.2, 0.25) is 0 Å². The van der Waals surface area contributed by atoms with Crippen LogP contribution in [0.15, 0.2) is 237 Å². The van der Waals surface area contributed by atoms with Crippen LogP contribution in [0.1, 0.15) is 0 Å². The molecule has 0 unspecified atom stereocenters. The van der Waals surface area contributed by atoms with Crippen molar-refractivity contribution in [1.29, 1.82) is 0 Å². The van der Waals surface area contributed by atoms with Gasteiger partial charge in [-0.3, -0.25) is 0 Å². The Morgan fingerprint density at radius 3 is 1.13 bits per heavy atom. The van der Waals surface area contributed by atoms with Gasteiger partial charge < -0.3 is 9.80 Å². The first-order valence-corrected chi connectivity index (χ1v) is 23.0. The highest BCUT2D eigenvalue weighted by molar-refractivity contribution is 7.00. The highest BCUT2D eigenvalue weighted by atomic mass is 15.2. The van der Waals surface area contributed by atoms with Gasteiger partial charge in [0.15, 0.2) is 5.82 Å². The summed E-state index contributed by atoms with van der Waals surface area (Å²) in [5, 5.41) is 9.73. The highest BCUT2D eigenvalue weighted by Crippen LogP contribution is 2.49. The van der Waals surface area contributed by atoms with Crippen LogP contribution in [0.5, 0.6) is 0 Å². The predicted octanol–water partition coefficient (Wildman–Crippen LogP) is 14.2. The van der Waals surface area contributed by atoms with Crippen molar-refractivity contribution >= 4 is 100 Å². The van der Waals surface area contributed by atoms with E-state index in [-0.39, 0.29) is 6.71 Å². The molecule has 0 bridgehead atoms. The summed E-state index contributed by atoms with van der Waals surface area (Å²) >= 11 is 0. The first-order valence-electron chi connectivity index (χ1n) is 23.0. The lowest BCUT2D eigenvalue weighted by atomic mass is 9.33. The molecule has 3 heterocycles. The molecule has 0 radical (unpaired) electrons. The average molecular weight is 851 g/mol. The minimum absolute atomic E-state index is 0.0906. The van der Waals surface area contributed by atoms with E-state index in [1.165, 1.54) is 70.9 Å². The van der Waals surface area contributed by atoms with Gasteiger partial charge >= 0.3 is 0 Å². The third-order valence-electron chi connectivity index (χ3n) is 13.9. The molecule has 0 atom stereocenters. The van der Waals surface area contributed by atoms with E-state index >= 15 is 0 Å². The van der Waals surface area contributed by atoms with E-state index in [9.17, 15) is 0 Å². The Balaban J connectivity index is 1.15. The fourth-order valence-electron chi connectivity index (χ4n) is 10.9. The summed E-state index contributed by atoms with van der Waals surface area (Å²) in [6.45, 7) is -0.0906. The van der Waals surface area contributed by atoms with E-state index in [1.54, 1.807) is 0 Å². The van der Waals surface area contributed by atoms with Crippen LogP contribution in [0.3, 0.4) is 0 Å². The second kappa shape index (κ2) is 14.9. The lowest BCUT2D eigenvalue weighted by molar-refractivity contribution is 1.18. The van der Waals surface area contributed by atoms with Crippen LogP contribution in [-0.2, 0) is 0 Å². The number of hydrogen-bond donors (Lipinski definition) is 0. The third kappa shape index (κ3) is 5.95. The predicted molar refractivity (Wildman–Crippen MR) is 282 cm³/mol. The Bertz CT molecular complexity index is 3680. The maximum absolute atomic E-state index is 5.46. The van der Waals surface area contributed by atoms with Crippen molar-refractivity contribution in [2.45, 2.75) is 0 Å². The highest BCUT2D eigenvalue weighted by Gasteiger charge is 2.45. The molecule has 1 aromatic heterocycles. The van der Waals surface area contributed by atoms with Gasteiger partial charge in [-0.05, 0) is 115 Å². The minimum atomic E-state index is -0.0906. The number of nitrogens with zero attached hydrogens (tertiary/aromatic N) is 4. The van der Waals surface area contributed by atoms with Gasteiger partial charge in [0.05, 0.1) is 11.4 Å². The van der Waals surface area contributed by atoms with Crippen LogP contribution in [0.4, 0.5) is 34.1 Å². The monoisotopic (exact) mass is 850 g/mol. The van der Waals surface area contributed by atoms with Crippen molar-refractivity contribution in [2.75, 3.05) is 9.80 Å². The molecule has 0 saturated heterocycles. The lowest BCUT2D eigenvalue weighted by Gasteiger charge is -2.45. The van der Waals surface area contributed by atoms with Crippen molar-refractivity contribution in [3.8, 4) is 33.9 Å². The first kappa shape index (κ1) is 37.6. The van der Waals surface area contributed by atoms with Crippen LogP contribution >= 0.6 is 0 Å². The van der Waals surface area contributed by atoms with E-state index in [4.69, 9.17) is 9.97 Å². The molecular weight excluding hydrogens is 812 g/mol. The number of rotatable bonds is 5. The minimum Gasteiger partial charge on any atom is -0.311 e. The van der Waals surface area contributed by atoms with Crippen molar-refractivity contribution in [1.82, 2.24) is 9.97 Å². The summed E-state index contributed by atoms with van der Waals surface area (Å²) in [6.07, 6.45) is 0. The second-order valence-corrected chi connectivity index (χ2v) is 17.7. The molecule has 310 valence electrons. The van der Waals surface area contributed by atoms with Gasteiger partial charge in [0.1, 0.15) is 0 Å². The second-order valence-electron chi connectivity index (χ2n) is 17.7. The van der Waals surface area contributed by atoms with Gasteiger partial charge in [-0.2, -0.15) is 0 Å². The van der Waals surface area contributed by atoms with Crippen LogP contribution < -0.4 is 26.2 Å². The quantitative estimate of drug-likeness (QED) is 0.128. The summed E-state index contributed by atoms with van der Waals surface area (Å²) in [7, 11) is 0. The Kier molecular flexibility index (Phi) is 8.34. The van der Waals surface area contributed by atoms with Crippen molar-refractivity contribution < 1.29 is 0 Å². The molecule has 4 nitrogen and oxygen atoms in total. The summed E-state index contributed by atoms with van der Waals surface area (Å²) < 4.78 is 0. The van der Waals surface area contributed by atoms with Crippen molar-refractivity contribution in [3.63, 3.8) is 0 Å². The summed E-state index contributed by atoms with van der Waals surface area (Å²) in [6, 6.07) is 86.0. The number of benzene rings is 11. The fourth-order valence-corrected chi connectivity index (χ4v) is 10.9. The van der Waals surface area contributed by atoms with E-state index in [0.717, 1.165) is 50.8 Å². The third-order valence-corrected chi connectivity index (χ3v) is 13.9. The molecule has 12 aromatic rings. The van der Waals surface area contributed by atoms with Crippen LogP contribution in [0.25, 0.3) is 77.0 Å². The van der Waals surface area contributed by atoms with Gasteiger partial charge in [-0.1, -0.05) is 170 Å². The molecule has 0 spiro atoms. The molecule has 0 saturated carbocycles. The molecule has 14 rings (SSSR count). The molecular formula is C62H39BN4. The SMILES string of the molecule is c1ccc(-c2cc(-c3ccccc3)nc(-c3cc4c5c(c3)N(c3ccccc3)c3c(ccc6cc7ccccc7cc36)B5c3ccc5cc6ccccc6cc5c3N4c3ccccc3)n2)cc1.